The van der Waals surface area contributed by atoms with Crippen molar-refractivity contribution in [2.45, 2.75) is 6.92 Å². The summed E-state index contributed by atoms with van der Waals surface area (Å²) in [6.07, 6.45) is 0. The Labute approximate surface area is 182 Å². The van der Waals surface area contributed by atoms with Gasteiger partial charge < -0.3 is 19.5 Å². The van der Waals surface area contributed by atoms with Crippen molar-refractivity contribution in [2.24, 2.45) is 0 Å². The number of rotatable bonds is 8. The number of esters is 1. The topological polar surface area (TPSA) is 109 Å². The van der Waals surface area contributed by atoms with E-state index < -0.39 is 29.9 Å². The second-order valence-corrected chi connectivity index (χ2v) is 6.37. The van der Waals surface area contributed by atoms with Crippen LogP contribution in [0.3, 0.4) is 0 Å². The maximum absolute atomic E-state index is 13.2. The Morgan fingerprint density at radius 3 is 2.56 bits per heavy atom. The van der Waals surface area contributed by atoms with Gasteiger partial charge in [0.1, 0.15) is 11.6 Å². The molecule has 3 aromatic rings. The van der Waals surface area contributed by atoms with Crippen LogP contribution in [-0.4, -0.2) is 42.0 Å². The van der Waals surface area contributed by atoms with Crippen molar-refractivity contribution >= 4 is 17.6 Å². The minimum absolute atomic E-state index is 0.0615. The summed E-state index contributed by atoms with van der Waals surface area (Å²) in [4.78, 5) is 37.2. The zero-order valence-corrected chi connectivity index (χ0v) is 17.3. The number of hydrogen-bond donors (Lipinski definition) is 1. The zero-order chi connectivity index (χ0) is 23.1. The van der Waals surface area contributed by atoms with Crippen LogP contribution in [0.4, 0.5) is 10.1 Å². The molecular formula is C22H20FN3O6. The third kappa shape index (κ3) is 5.48. The van der Waals surface area contributed by atoms with Gasteiger partial charge in [-0.3, -0.25) is 9.59 Å². The van der Waals surface area contributed by atoms with Crippen LogP contribution in [-0.2, 0) is 9.53 Å². The van der Waals surface area contributed by atoms with E-state index in [1.807, 2.05) is 0 Å². The molecule has 2 aromatic carbocycles. The van der Waals surface area contributed by atoms with Crippen molar-refractivity contribution in [1.29, 1.82) is 0 Å². The summed E-state index contributed by atoms with van der Waals surface area (Å²) in [5.41, 5.74) is -0.226. The number of nitrogens with zero attached hydrogens (tertiary/aromatic N) is 2. The third-order valence-electron chi connectivity index (χ3n) is 4.15. The normalized spacial score (nSPS) is 10.3. The average molecular weight is 441 g/mol. The van der Waals surface area contributed by atoms with Gasteiger partial charge in [0.15, 0.2) is 12.4 Å². The lowest BCUT2D eigenvalue weighted by molar-refractivity contribution is -0.118. The SMILES string of the molecule is CCOC(=O)c1nn(-c2ccc(F)cc2)c(=O)cc1OCC(=O)Nc1cccc(OC)c1. The summed E-state index contributed by atoms with van der Waals surface area (Å²) in [6.45, 7) is 1.17. The second-order valence-electron chi connectivity index (χ2n) is 6.37. The van der Waals surface area contributed by atoms with E-state index in [0.717, 1.165) is 22.9 Å². The van der Waals surface area contributed by atoms with Gasteiger partial charge in [0.05, 0.1) is 25.5 Å². The molecule has 0 aliphatic rings. The van der Waals surface area contributed by atoms with E-state index in [4.69, 9.17) is 14.2 Å². The Bertz CT molecular complexity index is 1180. The predicted molar refractivity (Wildman–Crippen MR) is 113 cm³/mol. The van der Waals surface area contributed by atoms with Crippen LogP contribution in [0.1, 0.15) is 17.4 Å². The van der Waals surface area contributed by atoms with Gasteiger partial charge in [0, 0.05) is 11.8 Å². The van der Waals surface area contributed by atoms with Crippen molar-refractivity contribution in [1.82, 2.24) is 9.78 Å². The number of hydrogen-bond acceptors (Lipinski definition) is 7. The number of aromatic nitrogens is 2. The lowest BCUT2D eigenvalue weighted by atomic mass is 10.3. The molecule has 1 aromatic heterocycles. The van der Waals surface area contributed by atoms with Gasteiger partial charge >= 0.3 is 5.97 Å². The molecular weight excluding hydrogens is 421 g/mol. The quantitative estimate of drug-likeness (QED) is 0.535. The van der Waals surface area contributed by atoms with E-state index in [1.54, 1.807) is 31.2 Å². The maximum Gasteiger partial charge on any atom is 0.362 e. The standard InChI is InChI=1S/C22H20FN3O6/c1-3-31-22(29)21-18(12-20(28)26(25-21)16-9-7-14(23)8-10-16)32-13-19(27)24-15-5-4-6-17(11-15)30-2/h4-12H,3,13H2,1-2H3,(H,24,27). The molecule has 1 amide bonds. The Kier molecular flexibility index (Phi) is 7.17. The summed E-state index contributed by atoms with van der Waals surface area (Å²) in [6, 6.07) is 12.7. The Hall–Kier alpha value is -4.21. The summed E-state index contributed by atoms with van der Waals surface area (Å²) in [7, 11) is 1.50. The smallest absolute Gasteiger partial charge is 0.362 e. The van der Waals surface area contributed by atoms with Crippen molar-refractivity contribution in [2.75, 3.05) is 25.6 Å². The molecule has 0 radical (unpaired) electrons. The van der Waals surface area contributed by atoms with Crippen LogP contribution in [0.5, 0.6) is 11.5 Å². The highest BCUT2D eigenvalue weighted by atomic mass is 19.1. The highest BCUT2D eigenvalue weighted by Gasteiger charge is 2.20. The largest absolute Gasteiger partial charge is 0.497 e. The first-order valence-electron chi connectivity index (χ1n) is 9.55. The van der Waals surface area contributed by atoms with E-state index >= 15 is 0 Å². The number of amides is 1. The molecule has 9 nitrogen and oxygen atoms in total. The number of methoxy groups -OCH3 is 1. The monoisotopic (exact) mass is 441 g/mol. The molecule has 0 saturated carbocycles. The Balaban J connectivity index is 1.83. The lowest BCUT2D eigenvalue weighted by Gasteiger charge is -2.13. The minimum Gasteiger partial charge on any atom is -0.497 e. The van der Waals surface area contributed by atoms with E-state index in [-0.39, 0.29) is 23.7 Å². The molecule has 0 aliphatic heterocycles. The van der Waals surface area contributed by atoms with E-state index in [0.29, 0.717) is 11.4 Å². The molecule has 3 rings (SSSR count). The molecule has 0 bridgehead atoms. The van der Waals surface area contributed by atoms with Gasteiger partial charge in [-0.25, -0.2) is 9.18 Å². The van der Waals surface area contributed by atoms with Gasteiger partial charge in [-0.2, -0.15) is 9.78 Å². The first-order chi connectivity index (χ1) is 15.4. The van der Waals surface area contributed by atoms with Crippen LogP contribution in [0.15, 0.2) is 59.4 Å². The highest BCUT2D eigenvalue weighted by molar-refractivity contribution is 5.93. The number of ether oxygens (including phenoxy) is 3. The van der Waals surface area contributed by atoms with Gasteiger partial charge in [-0.15, -0.1) is 0 Å². The first kappa shape index (κ1) is 22.5. The molecule has 0 unspecified atom stereocenters. The molecule has 0 spiro atoms. The van der Waals surface area contributed by atoms with Crippen LogP contribution in [0.2, 0.25) is 0 Å². The Morgan fingerprint density at radius 1 is 1.12 bits per heavy atom. The number of nitrogens with one attached hydrogen (secondary N) is 1. The summed E-state index contributed by atoms with van der Waals surface area (Å²) in [5, 5.41) is 6.63. The molecule has 1 N–H and O–H groups in total. The molecule has 1 heterocycles. The number of halogens is 1. The molecule has 32 heavy (non-hydrogen) atoms. The van der Waals surface area contributed by atoms with Crippen LogP contribution in [0.25, 0.3) is 5.69 Å². The number of carbonyl (C=O) groups excluding carboxylic acids is 2. The Morgan fingerprint density at radius 2 is 1.88 bits per heavy atom. The van der Waals surface area contributed by atoms with E-state index in [2.05, 4.69) is 10.4 Å². The van der Waals surface area contributed by atoms with Crippen molar-refractivity contribution in [3.05, 3.63) is 76.5 Å². The molecule has 0 fully saturated rings. The van der Waals surface area contributed by atoms with E-state index in [1.165, 1.54) is 19.2 Å². The number of benzene rings is 2. The van der Waals surface area contributed by atoms with Crippen LogP contribution >= 0.6 is 0 Å². The van der Waals surface area contributed by atoms with Crippen LogP contribution < -0.4 is 20.3 Å². The lowest BCUT2D eigenvalue weighted by Crippen LogP contribution is -2.27. The van der Waals surface area contributed by atoms with Crippen LogP contribution in [0, 0.1) is 5.82 Å². The van der Waals surface area contributed by atoms with Gasteiger partial charge in [0.2, 0.25) is 5.69 Å². The summed E-state index contributed by atoms with van der Waals surface area (Å²) >= 11 is 0. The minimum atomic E-state index is -0.841. The maximum atomic E-state index is 13.2. The van der Waals surface area contributed by atoms with Gasteiger partial charge in [0.25, 0.3) is 11.5 Å². The number of anilines is 1. The summed E-state index contributed by atoms with van der Waals surface area (Å²) < 4.78 is 29.6. The first-order valence-corrected chi connectivity index (χ1v) is 9.55. The predicted octanol–water partition coefficient (Wildman–Crippen LogP) is 2.57. The fraction of sp³-hybridized carbons (Fsp3) is 0.182. The molecule has 166 valence electrons. The van der Waals surface area contributed by atoms with E-state index in [9.17, 15) is 18.8 Å². The highest BCUT2D eigenvalue weighted by Crippen LogP contribution is 2.18. The summed E-state index contributed by atoms with van der Waals surface area (Å²) in [5.74, 6) is -1.52. The average Bonchev–Trinajstić information content (AvgIpc) is 2.78. The molecule has 0 aliphatic carbocycles. The third-order valence-corrected chi connectivity index (χ3v) is 4.15. The van der Waals surface area contributed by atoms with Crippen molar-refractivity contribution in [3.63, 3.8) is 0 Å². The number of carbonyl (C=O) groups is 2. The van der Waals surface area contributed by atoms with Crippen molar-refractivity contribution in [3.8, 4) is 17.2 Å². The molecule has 10 heteroatoms. The fourth-order valence-corrected chi connectivity index (χ4v) is 2.70. The molecule has 0 saturated heterocycles. The fourth-order valence-electron chi connectivity index (χ4n) is 2.70. The molecule has 0 atom stereocenters. The zero-order valence-electron chi connectivity index (χ0n) is 17.3. The second kappa shape index (κ2) is 10.2. The van der Waals surface area contributed by atoms with Crippen molar-refractivity contribution < 1.29 is 28.2 Å². The van der Waals surface area contributed by atoms with Gasteiger partial charge in [-0.05, 0) is 43.3 Å². The van der Waals surface area contributed by atoms with Gasteiger partial charge in [-0.1, -0.05) is 6.07 Å².